The molecule has 6 rings (SSSR count). The van der Waals surface area contributed by atoms with Gasteiger partial charge >= 0.3 is 0 Å². The lowest BCUT2D eigenvalue weighted by atomic mass is 9.87. The van der Waals surface area contributed by atoms with Crippen LogP contribution in [-0.4, -0.2) is 34.6 Å². The first kappa shape index (κ1) is 26.5. The minimum Gasteiger partial charge on any atom is -0.317 e. The van der Waals surface area contributed by atoms with E-state index in [4.69, 9.17) is 5.14 Å². The fourth-order valence-corrected chi connectivity index (χ4v) is 7.28. The Hall–Kier alpha value is -2.67. The van der Waals surface area contributed by atoms with Crippen LogP contribution in [0.4, 0.5) is 0 Å². The van der Waals surface area contributed by atoms with Crippen LogP contribution < -0.4 is 37.7 Å². The molecule has 3 aliphatic heterocycles. The van der Waals surface area contributed by atoms with Crippen molar-refractivity contribution in [3.05, 3.63) is 77.4 Å². The first-order valence-electron chi connectivity index (χ1n) is 13.8. The largest absolute Gasteiger partial charge is 0.317 e. The lowest BCUT2D eigenvalue weighted by molar-refractivity contribution is 0.460. The van der Waals surface area contributed by atoms with Gasteiger partial charge in [-0.1, -0.05) is 60.7 Å². The van der Waals surface area contributed by atoms with E-state index in [1.165, 1.54) is 11.1 Å². The van der Waals surface area contributed by atoms with Crippen molar-refractivity contribution in [2.75, 3.05) is 26.2 Å². The third-order valence-electron chi connectivity index (χ3n) is 8.33. The van der Waals surface area contributed by atoms with E-state index in [1.54, 1.807) is 0 Å². The Balaban J connectivity index is 1.42. The fraction of sp³-hybridized carbons (Fsp3) is 0.379. The standard InChI is InChI=1S/C29H37N7O2S/c30-39(37,38)28-26(24-7-3-20(4-8-24)22-13-17-32-18-14-22)10-9-25(27(28)29-33-35-36-34-29)23-5-1-19(2-6-23)21-11-15-31-16-12-21/h1-10,21-22,29,31-36H,11-18H2,(H2,30,37,38). The number of rotatable bonds is 6. The Morgan fingerprint density at radius 1 is 0.615 bits per heavy atom. The summed E-state index contributed by atoms with van der Waals surface area (Å²) < 4.78 is 26.5. The Labute approximate surface area is 230 Å². The zero-order valence-electron chi connectivity index (χ0n) is 22.0. The topological polar surface area (TPSA) is 132 Å². The molecule has 0 aromatic heterocycles. The van der Waals surface area contributed by atoms with Gasteiger partial charge in [0.2, 0.25) is 10.0 Å². The molecule has 3 fully saturated rings. The molecule has 0 unspecified atom stereocenters. The molecule has 0 aliphatic carbocycles. The average Bonchev–Trinajstić information content (AvgIpc) is 3.52. The summed E-state index contributed by atoms with van der Waals surface area (Å²) in [5.74, 6) is 1.06. The van der Waals surface area contributed by atoms with E-state index in [0.29, 0.717) is 23.0 Å². The number of hydrogen-bond acceptors (Lipinski definition) is 8. The monoisotopic (exact) mass is 547 g/mol. The molecule has 3 aromatic carbocycles. The van der Waals surface area contributed by atoms with Crippen molar-refractivity contribution < 1.29 is 8.42 Å². The van der Waals surface area contributed by atoms with E-state index >= 15 is 0 Å². The van der Waals surface area contributed by atoms with Gasteiger partial charge in [0.25, 0.3) is 0 Å². The number of piperidine rings is 2. The Bertz CT molecular complexity index is 1390. The number of nitrogens with two attached hydrogens (primary N) is 1. The fourth-order valence-electron chi connectivity index (χ4n) is 6.25. The molecule has 0 bridgehead atoms. The molecule has 9 nitrogen and oxygen atoms in total. The maximum atomic E-state index is 13.2. The Morgan fingerprint density at radius 3 is 1.51 bits per heavy atom. The van der Waals surface area contributed by atoms with E-state index in [1.807, 2.05) is 24.3 Å². The Morgan fingerprint density at radius 2 is 1.05 bits per heavy atom. The van der Waals surface area contributed by atoms with Crippen LogP contribution in [0, 0.1) is 0 Å². The van der Waals surface area contributed by atoms with E-state index < -0.39 is 16.2 Å². The van der Waals surface area contributed by atoms with Crippen molar-refractivity contribution >= 4 is 10.0 Å². The van der Waals surface area contributed by atoms with Gasteiger partial charge < -0.3 is 10.6 Å². The Kier molecular flexibility index (Phi) is 7.79. The second kappa shape index (κ2) is 11.4. The molecule has 3 aromatic rings. The minimum atomic E-state index is -4.09. The van der Waals surface area contributed by atoms with Crippen molar-refractivity contribution in [3.8, 4) is 22.3 Å². The van der Waals surface area contributed by atoms with Gasteiger partial charge in [-0.3, -0.25) is 0 Å². The van der Waals surface area contributed by atoms with Crippen LogP contribution in [0.25, 0.3) is 22.3 Å². The van der Waals surface area contributed by atoms with Crippen molar-refractivity contribution in [1.29, 1.82) is 0 Å². The highest BCUT2D eigenvalue weighted by Gasteiger charge is 2.30. The second-order valence-corrected chi connectivity index (χ2v) is 12.2. The lowest BCUT2D eigenvalue weighted by Crippen LogP contribution is -2.33. The molecule has 0 spiro atoms. The summed E-state index contributed by atoms with van der Waals surface area (Å²) in [4.78, 5) is 0.118. The van der Waals surface area contributed by atoms with E-state index in [0.717, 1.165) is 68.6 Å². The quantitative estimate of drug-likeness (QED) is 0.251. The highest BCUT2D eigenvalue weighted by Crippen LogP contribution is 2.40. The molecule has 3 aliphatic rings. The summed E-state index contributed by atoms with van der Waals surface area (Å²) in [5.41, 5.74) is 18.2. The molecular formula is C29H37N7O2S. The number of sulfonamides is 1. The van der Waals surface area contributed by atoms with Crippen LogP contribution in [0.5, 0.6) is 0 Å². The van der Waals surface area contributed by atoms with Crippen LogP contribution >= 0.6 is 0 Å². The van der Waals surface area contributed by atoms with E-state index in [2.05, 4.69) is 69.0 Å². The van der Waals surface area contributed by atoms with Gasteiger partial charge in [-0.15, -0.1) is 0 Å². The molecule has 8 N–H and O–H groups in total. The van der Waals surface area contributed by atoms with Crippen molar-refractivity contribution in [2.24, 2.45) is 5.14 Å². The molecule has 206 valence electrons. The number of benzene rings is 3. The molecule has 39 heavy (non-hydrogen) atoms. The summed E-state index contributed by atoms with van der Waals surface area (Å²) in [5, 5.41) is 12.8. The molecule has 3 heterocycles. The summed E-state index contributed by atoms with van der Waals surface area (Å²) in [6.07, 6.45) is 3.94. The number of primary sulfonamides is 1. The highest BCUT2D eigenvalue weighted by molar-refractivity contribution is 7.89. The van der Waals surface area contributed by atoms with Gasteiger partial charge in [0.05, 0.1) is 4.90 Å². The van der Waals surface area contributed by atoms with Crippen LogP contribution in [0.3, 0.4) is 0 Å². The second-order valence-electron chi connectivity index (χ2n) is 10.7. The van der Waals surface area contributed by atoms with Crippen molar-refractivity contribution in [2.45, 2.75) is 48.6 Å². The first-order chi connectivity index (χ1) is 19.0. The molecule has 0 saturated carbocycles. The van der Waals surface area contributed by atoms with Crippen LogP contribution in [-0.2, 0) is 10.0 Å². The van der Waals surface area contributed by atoms with Gasteiger partial charge in [0.15, 0.2) is 0 Å². The SMILES string of the molecule is NS(=O)(=O)c1c(-c2ccc(C3CCNCC3)cc2)ccc(-c2ccc(C3CCNCC3)cc2)c1C1NNNN1. The number of nitrogens with one attached hydrogen (secondary N) is 6. The van der Waals surface area contributed by atoms with Gasteiger partial charge in [-0.25, -0.2) is 24.4 Å². The maximum Gasteiger partial charge on any atom is 0.239 e. The van der Waals surface area contributed by atoms with Gasteiger partial charge in [0.1, 0.15) is 6.17 Å². The summed E-state index contributed by atoms with van der Waals surface area (Å²) in [6, 6.07) is 20.7. The third kappa shape index (κ3) is 5.65. The summed E-state index contributed by atoms with van der Waals surface area (Å²) >= 11 is 0. The number of hydrazine groups is 3. The van der Waals surface area contributed by atoms with Gasteiger partial charge in [-0.2, -0.15) is 11.1 Å². The van der Waals surface area contributed by atoms with Crippen LogP contribution in [0.1, 0.15) is 60.4 Å². The molecule has 3 saturated heterocycles. The highest BCUT2D eigenvalue weighted by atomic mass is 32.2. The smallest absolute Gasteiger partial charge is 0.239 e. The molecular weight excluding hydrogens is 510 g/mol. The van der Waals surface area contributed by atoms with Crippen molar-refractivity contribution in [3.63, 3.8) is 0 Å². The van der Waals surface area contributed by atoms with Crippen LogP contribution in [0.15, 0.2) is 65.6 Å². The van der Waals surface area contributed by atoms with Crippen LogP contribution in [0.2, 0.25) is 0 Å². The summed E-state index contributed by atoms with van der Waals surface area (Å²) in [7, 11) is -4.09. The first-order valence-corrected chi connectivity index (χ1v) is 15.4. The lowest BCUT2D eigenvalue weighted by Gasteiger charge is -2.24. The average molecular weight is 548 g/mol. The predicted molar refractivity (Wildman–Crippen MR) is 154 cm³/mol. The normalized spacial score (nSPS) is 19.9. The van der Waals surface area contributed by atoms with Crippen molar-refractivity contribution in [1.82, 2.24) is 32.6 Å². The van der Waals surface area contributed by atoms with E-state index in [-0.39, 0.29) is 4.90 Å². The maximum absolute atomic E-state index is 13.2. The predicted octanol–water partition coefficient (Wildman–Crippen LogP) is 2.72. The van der Waals surface area contributed by atoms with E-state index in [9.17, 15) is 8.42 Å². The zero-order chi connectivity index (χ0) is 26.8. The number of hydrogen-bond donors (Lipinski definition) is 7. The molecule has 0 atom stereocenters. The minimum absolute atomic E-state index is 0.118. The van der Waals surface area contributed by atoms with Gasteiger partial charge in [-0.05, 0) is 91.5 Å². The molecule has 10 heteroatoms. The zero-order valence-corrected chi connectivity index (χ0v) is 22.8. The molecule has 0 radical (unpaired) electrons. The van der Waals surface area contributed by atoms with Gasteiger partial charge in [0, 0.05) is 11.1 Å². The molecule has 0 amide bonds. The summed E-state index contributed by atoms with van der Waals surface area (Å²) in [6.45, 7) is 4.12. The third-order valence-corrected chi connectivity index (χ3v) is 9.34.